The fourth-order valence-corrected chi connectivity index (χ4v) is 2.80. The highest BCUT2D eigenvalue weighted by atomic mass is 19.1. The van der Waals surface area contributed by atoms with E-state index in [1.54, 1.807) is 6.07 Å². The van der Waals surface area contributed by atoms with Gasteiger partial charge in [-0.05, 0) is 37.2 Å². The maximum atomic E-state index is 14.0. The summed E-state index contributed by atoms with van der Waals surface area (Å²) in [5, 5.41) is 0. The van der Waals surface area contributed by atoms with Gasteiger partial charge in [0.2, 0.25) is 0 Å². The van der Waals surface area contributed by atoms with Crippen LogP contribution in [0.5, 0.6) is 0 Å². The van der Waals surface area contributed by atoms with Crippen molar-refractivity contribution >= 4 is 5.57 Å². The van der Waals surface area contributed by atoms with Crippen LogP contribution in [0.1, 0.15) is 22.7 Å². The van der Waals surface area contributed by atoms with Crippen molar-refractivity contribution in [3.8, 4) is 0 Å². The minimum Gasteiger partial charge on any atom is -0.292 e. The summed E-state index contributed by atoms with van der Waals surface area (Å²) in [4.78, 5) is 2.24. The second-order valence-electron chi connectivity index (χ2n) is 5.45. The van der Waals surface area contributed by atoms with Gasteiger partial charge in [0.25, 0.3) is 0 Å². The predicted octanol–water partition coefficient (Wildman–Crippen LogP) is 4.20. The third-order valence-electron chi connectivity index (χ3n) is 3.86. The van der Waals surface area contributed by atoms with Crippen LogP contribution < -0.4 is 0 Å². The highest BCUT2D eigenvalue weighted by Crippen LogP contribution is 2.34. The molecule has 2 aromatic carbocycles. The van der Waals surface area contributed by atoms with Gasteiger partial charge in [0.05, 0.1) is 6.04 Å². The van der Waals surface area contributed by atoms with Gasteiger partial charge >= 0.3 is 0 Å². The molecule has 0 fully saturated rings. The zero-order valence-corrected chi connectivity index (χ0v) is 11.8. The summed E-state index contributed by atoms with van der Waals surface area (Å²) in [6.07, 6.45) is 2.17. The maximum Gasteiger partial charge on any atom is 0.130 e. The zero-order chi connectivity index (χ0) is 14.1. The topological polar surface area (TPSA) is 3.24 Å². The van der Waals surface area contributed by atoms with Crippen LogP contribution in [0.3, 0.4) is 0 Å². The van der Waals surface area contributed by atoms with Gasteiger partial charge in [0, 0.05) is 12.1 Å². The molecule has 0 aliphatic carbocycles. The monoisotopic (exact) mass is 267 g/mol. The van der Waals surface area contributed by atoms with E-state index in [9.17, 15) is 4.39 Å². The first-order chi connectivity index (χ1) is 9.65. The van der Waals surface area contributed by atoms with Crippen LogP contribution in [0, 0.1) is 12.7 Å². The molecule has 20 heavy (non-hydrogen) atoms. The van der Waals surface area contributed by atoms with Gasteiger partial charge in [0.1, 0.15) is 5.82 Å². The van der Waals surface area contributed by atoms with Gasteiger partial charge in [-0.1, -0.05) is 48.0 Å². The highest BCUT2D eigenvalue weighted by Gasteiger charge is 2.24. The molecule has 1 heterocycles. The van der Waals surface area contributed by atoms with E-state index in [1.807, 2.05) is 37.3 Å². The Morgan fingerprint density at radius 1 is 1.10 bits per heavy atom. The maximum absolute atomic E-state index is 14.0. The van der Waals surface area contributed by atoms with Gasteiger partial charge in [-0.2, -0.15) is 0 Å². The number of rotatable bonds is 2. The van der Waals surface area contributed by atoms with Crippen molar-refractivity contribution in [1.29, 1.82) is 0 Å². The minimum absolute atomic E-state index is 0.135. The highest BCUT2D eigenvalue weighted by molar-refractivity contribution is 5.71. The summed E-state index contributed by atoms with van der Waals surface area (Å²) in [5.41, 5.74) is 4.14. The molecular weight excluding hydrogens is 249 g/mol. The fourth-order valence-electron chi connectivity index (χ4n) is 2.80. The smallest absolute Gasteiger partial charge is 0.130 e. The molecule has 0 amide bonds. The molecule has 2 aromatic rings. The molecule has 102 valence electrons. The summed E-state index contributed by atoms with van der Waals surface area (Å²) in [6, 6.07) is 15.9. The molecule has 2 heteroatoms. The molecule has 0 saturated carbocycles. The molecule has 0 spiro atoms. The lowest BCUT2D eigenvalue weighted by molar-refractivity contribution is 0.342. The molecule has 0 bridgehead atoms. The molecule has 0 aromatic heterocycles. The number of hydrogen-bond acceptors (Lipinski definition) is 1. The molecule has 1 nitrogen and oxygen atoms in total. The van der Waals surface area contributed by atoms with Crippen molar-refractivity contribution in [2.45, 2.75) is 13.0 Å². The molecule has 0 saturated heterocycles. The Labute approximate surface area is 119 Å². The first kappa shape index (κ1) is 13.1. The SMILES string of the molecule is Cc1ccc(F)c(C2=CC(c3ccccc3)N(C)C2)c1. The molecule has 1 aliphatic rings. The van der Waals surface area contributed by atoms with Crippen molar-refractivity contribution in [3.05, 3.63) is 77.1 Å². The van der Waals surface area contributed by atoms with Crippen molar-refractivity contribution in [3.63, 3.8) is 0 Å². The van der Waals surface area contributed by atoms with Crippen LogP contribution >= 0.6 is 0 Å². The summed E-state index contributed by atoms with van der Waals surface area (Å²) in [5.74, 6) is -0.135. The van der Waals surface area contributed by atoms with E-state index < -0.39 is 0 Å². The molecule has 1 aliphatic heterocycles. The Kier molecular flexibility index (Phi) is 3.41. The molecule has 1 unspecified atom stereocenters. The third kappa shape index (κ3) is 2.39. The standard InChI is InChI=1S/C18H18FN/c1-13-8-9-17(19)16(10-13)15-11-18(20(2)12-15)14-6-4-3-5-7-14/h3-11,18H,12H2,1-2H3. The van der Waals surface area contributed by atoms with Gasteiger partial charge in [-0.15, -0.1) is 0 Å². The van der Waals surface area contributed by atoms with Gasteiger partial charge in [0.15, 0.2) is 0 Å². The van der Waals surface area contributed by atoms with E-state index in [0.717, 1.165) is 23.2 Å². The lowest BCUT2D eigenvalue weighted by Crippen LogP contribution is -2.19. The second kappa shape index (κ2) is 5.22. The van der Waals surface area contributed by atoms with E-state index in [-0.39, 0.29) is 11.9 Å². The van der Waals surface area contributed by atoms with Crippen LogP contribution in [0.4, 0.5) is 4.39 Å². The Balaban J connectivity index is 1.98. The number of benzene rings is 2. The van der Waals surface area contributed by atoms with Crippen molar-refractivity contribution in [2.24, 2.45) is 0 Å². The fraction of sp³-hybridized carbons (Fsp3) is 0.222. The molecule has 3 rings (SSSR count). The van der Waals surface area contributed by atoms with E-state index in [0.29, 0.717) is 0 Å². The van der Waals surface area contributed by atoms with Gasteiger partial charge in [-0.3, -0.25) is 4.90 Å². The first-order valence-electron chi connectivity index (χ1n) is 6.87. The van der Waals surface area contributed by atoms with Crippen LogP contribution in [-0.2, 0) is 0 Å². The predicted molar refractivity (Wildman–Crippen MR) is 80.9 cm³/mol. The molecule has 1 atom stereocenters. The van der Waals surface area contributed by atoms with Crippen molar-refractivity contribution < 1.29 is 4.39 Å². The zero-order valence-electron chi connectivity index (χ0n) is 11.8. The van der Waals surface area contributed by atoms with Crippen LogP contribution in [0.15, 0.2) is 54.6 Å². The van der Waals surface area contributed by atoms with Crippen molar-refractivity contribution in [1.82, 2.24) is 4.90 Å². The number of likely N-dealkylation sites (N-methyl/N-ethyl adjacent to an activating group) is 1. The number of hydrogen-bond donors (Lipinski definition) is 0. The number of halogens is 1. The average molecular weight is 267 g/mol. The summed E-state index contributed by atoms with van der Waals surface area (Å²) < 4.78 is 14.0. The van der Waals surface area contributed by atoms with E-state index in [4.69, 9.17) is 0 Å². The van der Waals surface area contributed by atoms with Crippen LogP contribution in [0.25, 0.3) is 5.57 Å². The number of aryl methyl sites for hydroxylation is 1. The number of nitrogens with zero attached hydrogens (tertiary/aromatic N) is 1. The molecule has 0 radical (unpaired) electrons. The average Bonchev–Trinajstić information content (AvgIpc) is 2.84. The van der Waals surface area contributed by atoms with Crippen molar-refractivity contribution in [2.75, 3.05) is 13.6 Å². The Morgan fingerprint density at radius 3 is 2.60 bits per heavy atom. The Bertz CT molecular complexity index is 646. The van der Waals surface area contributed by atoms with E-state index in [1.165, 1.54) is 5.56 Å². The Hall–Kier alpha value is -1.93. The van der Waals surface area contributed by atoms with Crippen LogP contribution in [-0.4, -0.2) is 18.5 Å². The quantitative estimate of drug-likeness (QED) is 0.788. The lowest BCUT2D eigenvalue weighted by atomic mass is 10.0. The molecular formula is C18H18FN. The summed E-state index contributed by atoms with van der Waals surface area (Å²) in [7, 11) is 2.08. The first-order valence-corrected chi connectivity index (χ1v) is 6.87. The van der Waals surface area contributed by atoms with E-state index in [2.05, 4.69) is 30.2 Å². The normalized spacial score (nSPS) is 19.1. The molecule has 0 N–H and O–H groups in total. The minimum atomic E-state index is -0.135. The largest absolute Gasteiger partial charge is 0.292 e. The van der Waals surface area contributed by atoms with Gasteiger partial charge < -0.3 is 0 Å². The van der Waals surface area contributed by atoms with Gasteiger partial charge in [-0.25, -0.2) is 4.39 Å². The lowest BCUT2D eigenvalue weighted by Gasteiger charge is -2.19. The van der Waals surface area contributed by atoms with Crippen LogP contribution in [0.2, 0.25) is 0 Å². The summed E-state index contributed by atoms with van der Waals surface area (Å²) >= 11 is 0. The van der Waals surface area contributed by atoms with E-state index >= 15 is 0 Å². The summed E-state index contributed by atoms with van der Waals surface area (Å²) in [6.45, 7) is 2.77. The second-order valence-corrected chi connectivity index (χ2v) is 5.45. The third-order valence-corrected chi connectivity index (χ3v) is 3.86. The Morgan fingerprint density at radius 2 is 1.85 bits per heavy atom.